The second-order valence-corrected chi connectivity index (χ2v) is 6.89. The summed E-state index contributed by atoms with van der Waals surface area (Å²) < 4.78 is 5.22. The predicted molar refractivity (Wildman–Crippen MR) is 103 cm³/mol. The van der Waals surface area contributed by atoms with Crippen molar-refractivity contribution in [2.75, 3.05) is 11.9 Å². The zero-order valence-corrected chi connectivity index (χ0v) is 15.3. The van der Waals surface area contributed by atoms with E-state index in [1.165, 1.54) is 0 Å². The molecule has 1 fully saturated rings. The number of rotatable bonds is 6. The topological polar surface area (TPSA) is 80.3 Å². The van der Waals surface area contributed by atoms with Gasteiger partial charge in [-0.2, -0.15) is 0 Å². The Kier molecular flexibility index (Phi) is 6.79. The van der Waals surface area contributed by atoms with E-state index in [2.05, 4.69) is 15.6 Å². The predicted octanol–water partition coefficient (Wildman–Crippen LogP) is 3.75. The van der Waals surface area contributed by atoms with Gasteiger partial charge in [0.2, 0.25) is 5.91 Å². The largest absolute Gasteiger partial charge is 0.445 e. The van der Waals surface area contributed by atoms with Gasteiger partial charge in [-0.3, -0.25) is 9.78 Å². The number of anilines is 1. The van der Waals surface area contributed by atoms with Gasteiger partial charge in [0, 0.05) is 18.7 Å². The van der Waals surface area contributed by atoms with Gasteiger partial charge in [-0.05, 0) is 49.3 Å². The minimum Gasteiger partial charge on any atom is -0.445 e. The lowest BCUT2D eigenvalue weighted by Crippen LogP contribution is -2.34. The standard InChI is InChI=1S/C21H25N3O3/c25-20(24-19-7-4-12-22-14-19)18-10-8-16(9-11-18)13-23-21(26)27-15-17-5-2-1-3-6-17/h1-7,12,14,16,18H,8-11,13,15H2,(H,23,26)(H,24,25). The highest BCUT2D eigenvalue weighted by atomic mass is 16.5. The van der Waals surface area contributed by atoms with E-state index in [4.69, 9.17) is 4.74 Å². The maximum Gasteiger partial charge on any atom is 0.407 e. The van der Waals surface area contributed by atoms with Crippen molar-refractivity contribution in [2.24, 2.45) is 11.8 Å². The summed E-state index contributed by atoms with van der Waals surface area (Å²) in [6, 6.07) is 13.2. The number of carbonyl (C=O) groups is 2. The van der Waals surface area contributed by atoms with Gasteiger partial charge in [-0.15, -0.1) is 0 Å². The number of carbonyl (C=O) groups excluding carboxylic acids is 2. The molecule has 0 atom stereocenters. The smallest absolute Gasteiger partial charge is 0.407 e. The number of amides is 2. The number of benzene rings is 1. The van der Waals surface area contributed by atoms with Crippen LogP contribution >= 0.6 is 0 Å². The molecule has 2 N–H and O–H groups in total. The van der Waals surface area contributed by atoms with Crippen LogP contribution in [0, 0.1) is 11.8 Å². The van der Waals surface area contributed by atoms with Gasteiger partial charge in [-0.1, -0.05) is 30.3 Å². The van der Waals surface area contributed by atoms with Crippen LogP contribution in [0.2, 0.25) is 0 Å². The molecule has 0 saturated heterocycles. The first-order valence-electron chi connectivity index (χ1n) is 9.36. The maximum atomic E-state index is 12.3. The first kappa shape index (κ1) is 18.9. The lowest BCUT2D eigenvalue weighted by atomic mass is 9.81. The zero-order valence-electron chi connectivity index (χ0n) is 15.3. The Balaban J connectivity index is 1.33. The number of hydrogen-bond acceptors (Lipinski definition) is 4. The van der Waals surface area contributed by atoms with E-state index in [0.717, 1.165) is 36.9 Å². The summed E-state index contributed by atoms with van der Waals surface area (Å²) in [5.74, 6) is 0.458. The number of nitrogens with one attached hydrogen (secondary N) is 2. The lowest BCUT2D eigenvalue weighted by molar-refractivity contribution is -0.121. The molecule has 1 aromatic heterocycles. The molecule has 1 saturated carbocycles. The van der Waals surface area contributed by atoms with Gasteiger partial charge >= 0.3 is 6.09 Å². The Morgan fingerprint density at radius 2 is 1.81 bits per heavy atom. The summed E-state index contributed by atoms with van der Waals surface area (Å²) in [7, 11) is 0. The van der Waals surface area contributed by atoms with Gasteiger partial charge in [0.25, 0.3) is 0 Å². The molecular formula is C21H25N3O3. The van der Waals surface area contributed by atoms with Gasteiger partial charge in [0.1, 0.15) is 6.61 Å². The Morgan fingerprint density at radius 3 is 2.52 bits per heavy atom. The third-order valence-electron chi connectivity index (χ3n) is 4.89. The van der Waals surface area contributed by atoms with Crippen LogP contribution in [0.25, 0.3) is 0 Å². The van der Waals surface area contributed by atoms with Gasteiger partial charge in [0.05, 0.1) is 11.9 Å². The van der Waals surface area contributed by atoms with Crippen molar-refractivity contribution in [3.8, 4) is 0 Å². The van der Waals surface area contributed by atoms with E-state index >= 15 is 0 Å². The lowest BCUT2D eigenvalue weighted by Gasteiger charge is -2.27. The molecule has 0 unspecified atom stereocenters. The molecule has 2 aromatic rings. The summed E-state index contributed by atoms with van der Waals surface area (Å²) in [6.07, 6.45) is 6.44. The summed E-state index contributed by atoms with van der Waals surface area (Å²) in [6.45, 7) is 0.860. The van der Waals surface area contributed by atoms with Crippen LogP contribution in [0.15, 0.2) is 54.9 Å². The van der Waals surface area contributed by atoms with Crippen molar-refractivity contribution in [2.45, 2.75) is 32.3 Å². The average Bonchev–Trinajstić information content (AvgIpc) is 2.72. The van der Waals surface area contributed by atoms with E-state index in [1.54, 1.807) is 18.5 Å². The molecule has 27 heavy (non-hydrogen) atoms. The first-order valence-corrected chi connectivity index (χ1v) is 9.36. The van der Waals surface area contributed by atoms with Crippen LogP contribution in [-0.2, 0) is 16.1 Å². The third kappa shape index (κ3) is 6.09. The molecule has 1 heterocycles. The van der Waals surface area contributed by atoms with Gasteiger partial charge in [0.15, 0.2) is 0 Å². The first-order chi connectivity index (χ1) is 13.2. The van der Waals surface area contributed by atoms with Gasteiger partial charge in [-0.25, -0.2) is 4.79 Å². The molecule has 6 nitrogen and oxygen atoms in total. The second-order valence-electron chi connectivity index (χ2n) is 6.89. The van der Waals surface area contributed by atoms with Crippen LogP contribution < -0.4 is 10.6 Å². The molecular weight excluding hydrogens is 342 g/mol. The normalized spacial score (nSPS) is 19.1. The van der Waals surface area contributed by atoms with Crippen molar-refractivity contribution in [3.05, 3.63) is 60.4 Å². The van der Waals surface area contributed by atoms with E-state index in [9.17, 15) is 9.59 Å². The molecule has 6 heteroatoms. The van der Waals surface area contributed by atoms with Crippen LogP contribution in [0.4, 0.5) is 10.5 Å². The fraction of sp³-hybridized carbons (Fsp3) is 0.381. The molecule has 142 valence electrons. The van der Waals surface area contributed by atoms with E-state index in [-0.39, 0.29) is 18.4 Å². The van der Waals surface area contributed by atoms with Gasteiger partial charge < -0.3 is 15.4 Å². The molecule has 0 spiro atoms. The number of hydrogen-bond donors (Lipinski definition) is 2. The monoisotopic (exact) mass is 367 g/mol. The van der Waals surface area contributed by atoms with Crippen molar-refractivity contribution < 1.29 is 14.3 Å². The number of alkyl carbamates (subject to hydrolysis) is 1. The number of pyridine rings is 1. The Labute approximate surface area is 159 Å². The highest BCUT2D eigenvalue weighted by molar-refractivity contribution is 5.92. The highest BCUT2D eigenvalue weighted by Gasteiger charge is 2.26. The molecule has 0 radical (unpaired) electrons. The highest BCUT2D eigenvalue weighted by Crippen LogP contribution is 2.29. The Hall–Kier alpha value is -2.89. The molecule has 1 aliphatic rings. The molecule has 0 bridgehead atoms. The maximum absolute atomic E-state index is 12.3. The number of aromatic nitrogens is 1. The van der Waals surface area contributed by atoms with Crippen molar-refractivity contribution in [1.29, 1.82) is 0 Å². The molecule has 0 aliphatic heterocycles. The molecule has 1 aromatic carbocycles. The third-order valence-corrected chi connectivity index (χ3v) is 4.89. The molecule has 3 rings (SSSR count). The fourth-order valence-corrected chi connectivity index (χ4v) is 3.31. The summed E-state index contributed by atoms with van der Waals surface area (Å²) in [5, 5.41) is 5.75. The Bertz CT molecular complexity index is 729. The Morgan fingerprint density at radius 1 is 1.04 bits per heavy atom. The minimum atomic E-state index is -0.393. The van der Waals surface area contributed by atoms with Crippen LogP contribution in [0.5, 0.6) is 0 Å². The second kappa shape index (κ2) is 9.71. The summed E-state index contributed by atoms with van der Waals surface area (Å²) in [5.41, 5.74) is 1.69. The van der Waals surface area contributed by atoms with Crippen molar-refractivity contribution in [3.63, 3.8) is 0 Å². The summed E-state index contributed by atoms with van der Waals surface area (Å²) in [4.78, 5) is 28.2. The van der Waals surface area contributed by atoms with Crippen molar-refractivity contribution in [1.82, 2.24) is 10.3 Å². The number of ether oxygens (including phenoxy) is 1. The number of nitrogens with zero attached hydrogens (tertiary/aromatic N) is 1. The van der Waals surface area contributed by atoms with Crippen LogP contribution in [0.1, 0.15) is 31.2 Å². The quantitative estimate of drug-likeness (QED) is 0.815. The zero-order chi connectivity index (χ0) is 18.9. The van der Waals surface area contributed by atoms with E-state index < -0.39 is 6.09 Å². The van der Waals surface area contributed by atoms with Crippen LogP contribution in [0.3, 0.4) is 0 Å². The van der Waals surface area contributed by atoms with Crippen molar-refractivity contribution >= 4 is 17.7 Å². The minimum absolute atomic E-state index is 0.0199. The molecule has 2 amide bonds. The average molecular weight is 367 g/mol. The summed E-state index contributed by atoms with van der Waals surface area (Å²) >= 11 is 0. The molecule has 1 aliphatic carbocycles. The SMILES string of the molecule is O=C(NCC1CCC(C(=O)Nc2cccnc2)CC1)OCc1ccccc1. The van der Waals surface area contributed by atoms with E-state index in [1.807, 2.05) is 36.4 Å². The van der Waals surface area contributed by atoms with Crippen LogP contribution in [-0.4, -0.2) is 23.5 Å². The van der Waals surface area contributed by atoms with E-state index in [0.29, 0.717) is 12.5 Å². The fourth-order valence-electron chi connectivity index (χ4n) is 3.31.